The highest BCUT2D eigenvalue weighted by Crippen LogP contribution is 2.45. The summed E-state index contributed by atoms with van der Waals surface area (Å²) in [4.78, 5) is 24.8. The van der Waals surface area contributed by atoms with Crippen LogP contribution in [-0.2, 0) is 9.53 Å². The number of hydrogen-bond acceptors (Lipinski definition) is 5. The summed E-state index contributed by atoms with van der Waals surface area (Å²) in [5.74, 6) is -1.19. The van der Waals surface area contributed by atoms with Gasteiger partial charge in [0.1, 0.15) is 16.0 Å². The van der Waals surface area contributed by atoms with Crippen LogP contribution in [-0.4, -0.2) is 29.3 Å². The molecular weight excluding hydrogens is 484 g/mol. The van der Waals surface area contributed by atoms with Crippen LogP contribution in [0.4, 0.5) is 4.79 Å². The molecule has 1 aliphatic rings. The topological polar surface area (TPSA) is 108 Å². The number of esters is 1. The Hall–Kier alpha value is -2.52. The quantitative estimate of drug-likeness (QED) is 0.485. The Kier molecular flexibility index (Phi) is 5.43. The van der Waals surface area contributed by atoms with E-state index in [-0.39, 0.29) is 37.3 Å². The van der Waals surface area contributed by atoms with E-state index in [9.17, 15) is 19.8 Å². The molecule has 0 radical (unpaired) electrons. The van der Waals surface area contributed by atoms with Crippen molar-refractivity contribution in [3.63, 3.8) is 0 Å². The molecule has 1 unspecified atom stereocenters. The molecule has 3 rings (SSSR count). The van der Waals surface area contributed by atoms with Gasteiger partial charge in [-0.1, -0.05) is 30.3 Å². The number of phenolic OH excluding ortho intramolecular Hbond substituents is 2. The molecule has 0 bridgehead atoms. The zero-order valence-electron chi connectivity index (χ0n) is 13.9. The van der Waals surface area contributed by atoms with Crippen molar-refractivity contribution in [3.05, 3.63) is 62.0 Å². The van der Waals surface area contributed by atoms with Gasteiger partial charge in [0.15, 0.2) is 0 Å². The van der Waals surface area contributed by atoms with E-state index in [1.807, 2.05) is 6.07 Å². The molecule has 0 saturated heterocycles. The summed E-state index contributed by atoms with van der Waals surface area (Å²) in [5.41, 5.74) is 1.20. The lowest BCUT2D eigenvalue weighted by Gasteiger charge is -2.30. The van der Waals surface area contributed by atoms with Crippen LogP contribution >= 0.6 is 31.9 Å². The molecule has 1 atom stereocenters. The minimum absolute atomic E-state index is 0.0325. The first-order valence-corrected chi connectivity index (χ1v) is 9.29. The summed E-state index contributed by atoms with van der Waals surface area (Å²) in [6.45, 7) is 0. The number of ether oxygens (including phenoxy) is 1. The number of hydrogen-bond donors (Lipinski definition) is 4. The van der Waals surface area contributed by atoms with Crippen LogP contribution in [0, 0.1) is 0 Å². The molecule has 0 spiro atoms. The normalized spacial score (nSPS) is 16.6. The van der Waals surface area contributed by atoms with Gasteiger partial charge in [0.2, 0.25) is 0 Å². The largest absolute Gasteiger partial charge is 0.506 e. The zero-order chi connectivity index (χ0) is 19.7. The molecule has 1 aliphatic heterocycles. The summed E-state index contributed by atoms with van der Waals surface area (Å²) in [6.07, 6.45) is 0. The van der Waals surface area contributed by atoms with Crippen LogP contribution < -0.4 is 10.6 Å². The van der Waals surface area contributed by atoms with Crippen molar-refractivity contribution in [3.8, 4) is 11.5 Å². The Morgan fingerprint density at radius 1 is 1.15 bits per heavy atom. The third kappa shape index (κ3) is 3.52. The first-order valence-electron chi connectivity index (χ1n) is 7.70. The van der Waals surface area contributed by atoms with Gasteiger partial charge in [0, 0.05) is 5.56 Å². The van der Waals surface area contributed by atoms with E-state index in [0.29, 0.717) is 5.56 Å². The molecule has 0 aromatic heterocycles. The van der Waals surface area contributed by atoms with E-state index in [2.05, 4.69) is 42.5 Å². The standard InChI is InChI=1S/C18H14Br2N2O5/c1-27-17(25)11-13(8-5-3-2-4-6-8)21-18(26)22-14(11)9-7-10(19)16(24)12(20)15(9)23/h2-7,14,23-24H,1H3,(H2,21,22,26). The van der Waals surface area contributed by atoms with Gasteiger partial charge in [0.25, 0.3) is 0 Å². The Morgan fingerprint density at radius 3 is 2.44 bits per heavy atom. The number of benzene rings is 2. The van der Waals surface area contributed by atoms with E-state index in [0.717, 1.165) is 0 Å². The third-order valence-corrected chi connectivity index (χ3v) is 5.40. The molecule has 4 N–H and O–H groups in total. The molecule has 1 heterocycles. The highest BCUT2D eigenvalue weighted by molar-refractivity contribution is 9.11. The molecule has 140 valence electrons. The number of urea groups is 1. The predicted molar refractivity (Wildman–Crippen MR) is 105 cm³/mol. The van der Waals surface area contributed by atoms with Crippen LogP contribution in [0.1, 0.15) is 17.2 Å². The number of halogens is 2. The Balaban J connectivity index is 2.28. The Bertz CT molecular complexity index is 960. The lowest BCUT2D eigenvalue weighted by molar-refractivity contribution is -0.136. The van der Waals surface area contributed by atoms with Crippen molar-refractivity contribution in [2.75, 3.05) is 7.11 Å². The second kappa shape index (κ2) is 7.61. The fourth-order valence-electron chi connectivity index (χ4n) is 2.80. The van der Waals surface area contributed by atoms with Gasteiger partial charge in [-0.2, -0.15) is 0 Å². The van der Waals surface area contributed by atoms with Crippen molar-refractivity contribution in [2.24, 2.45) is 0 Å². The number of carbonyl (C=O) groups excluding carboxylic acids is 2. The molecule has 9 heteroatoms. The summed E-state index contributed by atoms with van der Waals surface area (Å²) < 4.78 is 5.22. The summed E-state index contributed by atoms with van der Waals surface area (Å²) >= 11 is 6.30. The van der Waals surface area contributed by atoms with Gasteiger partial charge in [-0.25, -0.2) is 9.59 Å². The van der Waals surface area contributed by atoms with Gasteiger partial charge in [0.05, 0.1) is 28.9 Å². The molecule has 2 aromatic rings. The van der Waals surface area contributed by atoms with E-state index < -0.39 is 18.0 Å². The molecule has 2 amide bonds. The van der Waals surface area contributed by atoms with Crippen molar-refractivity contribution < 1.29 is 24.5 Å². The fraction of sp³-hybridized carbons (Fsp3) is 0.111. The minimum atomic E-state index is -1.00. The van der Waals surface area contributed by atoms with E-state index >= 15 is 0 Å². The van der Waals surface area contributed by atoms with Crippen LogP contribution in [0.3, 0.4) is 0 Å². The van der Waals surface area contributed by atoms with Crippen LogP contribution in [0.25, 0.3) is 5.70 Å². The number of amides is 2. The monoisotopic (exact) mass is 496 g/mol. The Morgan fingerprint density at radius 2 is 1.81 bits per heavy atom. The second-order valence-electron chi connectivity index (χ2n) is 5.64. The smallest absolute Gasteiger partial charge is 0.338 e. The molecule has 0 fully saturated rings. The van der Waals surface area contributed by atoms with Crippen molar-refractivity contribution in [1.82, 2.24) is 10.6 Å². The predicted octanol–water partition coefficient (Wildman–Crippen LogP) is 3.56. The van der Waals surface area contributed by atoms with E-state index in [1.165, 1.54) is 13.2 Å². The van der Waals surface area contributed by atoms with Crippen LogP contribution in [0.5, 0.6) is 11.5 Å². The maximum atomic E-state index is 12.6. The number of aromatic hydroxyl groups is 2. The van der Waals surface area contributed by atoms with Crippen LogP contribution in [0.15, 0.2) is 50.9 Å². The van der Waals surface area contributed by atoms with Gasteiger partial charge >= 0.3 is 12.0 Å². The molecule has 7 nitrogen and oxygen atoms in total. The zero-order valence-corrected chi connectivity index (χ0v) is 17.1. The number of nitrogens with one attached hydrogen (secondary N) is 2. The number of methoxy groups -OCH3 is 1. The first kappa shape index (κ1) is 19.2. The lowest BCUT2D eigenvalue weighted by atomic mass is 9.92. The van der Waals surface area contributed by atoms with Crippen molar-refractivity contribution in [1.29, 1.82) is 0 Å². The number of rotatable bonds is 3. The molecule has 0 saturated carbocycles. The maximum Gasteiger partial charge on any atom is 0.338 e. The second-order valence-corrected chi connectivity index (χ2v) is 7.28. The highest BCUT2D eigenvalue weighted by Gasteiger charge is 2.36. The van der Waals surface area contributed by atoms with Crippen LogP contribution in [0.2, 0.25) is 0 Å². The Labute approximate surface area is 171 Å². The van der Waals surface area contributed by atoms with E-state index in [1.54, 1.807) is 24.3 Å². The van der Waals surface area contributed by atoms with E-state index in [4.69, 9.17) is 4.74 Å². The number of phenols is 2. The summed E-state index contributed by atoms with van der Waals surface area (Å²) in [7, 11) is 1.23. The molecule has 27 heavy (non-hydrogen) atoms. The highest BCUT2D eigenvalue weighted by atomic mass is 79.9. The number of carbonyl (C=O) groups is 2. The molecule has 2 aromatic carbocycles. The summed E-state index contributed by atoms with van der Waals surface area (Å²) in [5, 5.41) is 25.7. The fourth-order valence-corrected chi connectivity index (χ4v) is 3.95. The SMILES string of the molecule is COC(=O)C1=C(c2ccccc2)NC(=O)NC1c1cc(Br)c(O)c(Br)c1O. The average molecular weight is 498 g/mol. The lowest BCUT2D eigenvalue weighted by Crippen LogP contribution is -2.45. The maximum absolute atomic E-state index is 12.6. The first-order chi connectivity index (χ1) is 12.8. The van der Waals surface area contributed by atoms with Gasteiger partial charge in [-0.15, -0.1) is 0 Å². The molecule has 0 aliphatic carbocycles. The van der Waals surface area contributed by atoms with Crippen molar-refractivity contribution in [2.45, 2.75) is 6.04 Å². The minimum Gasteiger partial charge on any atom is -0.506 e. The van der Waals surface area contributed by atoms with Gasteiger partial charge in [-0.3, -0.25) is 0 Å². The average Bonchev–Trinajstić information content (AvgIpc) is 2.68. The van der Waals surface area contributed by atoms with Crippen molar-refractivity contribution >= 4 is 49.6 Å². The van der Waals surface area contributed by atoms with Gasteiger partial charge in [-0.05, 0) is 43.5 Å². The summed E-state index contributed by atoms with van der Waals surface area (Å²) in [6, 6.07) is 8.70. The molecular formula is C18H14Br2N2O5. The third-order valence-electron chi connectivity index (χ3n) is 4.05. The van der Waals surface area contributed by atoms with Gasteiger partial charge < -0.3 is 25.6 Å².